The molecule has 0 amide bonds. The zero-order valence-corrected chi connectivity index (χ0v) is 13.4. The lowest BCUT2D eigenvalue weighted by atomic mass is 9.99. The lowest BCUT2D eigenvalue weighted by molar-refractivity contribution is 0.436. The third-order valence-electron chi connectivity index (χ3n) is 4.16. The Morgan fingerprint density at radius 3 is 2.60 bits per heavy atom. The first-order valence-corrected chi connectivity index (χ1v) is 7.98. The van der Waals surface area contributed by atoms with E-state index in [9.17, 15) is 0 Å². The molecule has 1 fully saturated rings. The van der Waals surface area contributed by atoms with Crippen molar-refractivity contribution >= 4 is 5.82 Å². The summed E-state index contributed by atoms with van der Waals surface area (Å²) < 4.78 is 0. The number of rotatable bonds is 5. The molecule has 2 heterocycles. The zero-order valence-electron chi connectivity index (χ0n) is 13.4. The van der Waals surface area contributed by atoms with Crippen molar-refractivity contribution in [2.24, 2.45) is 11.8 Å². The lowest BCUT2D eigenvalue weighted by Crippen LogP contribution is -2.33. The van der Waals surface area contributed by atoms with Crippen LogP contribution in [-0.4, -0.2) is 24.6 Å². The molecule has 0 aliphatic carbocycles. The molecule has 1 N–H and O–H groups in total. The van der Waals surface area contributed by atoms with Gasteiger partial charge in [-0.05, 0) is 49.8 Å². The summed E-state index contributed by atoms with van der Waals surface area (Å²) in [7, 11) is 0. The normalized spacial score (nSPS) is 16.9. The van der Waals surface area contributed by atoms with Gasteiger partial charge in [-0.25, -0.2) is 4.98 Å². The first-order valence-electron chi connectivity index (χ1n) is 7.98. The Balaban J connectivity index is 1.95. The molecule has 0 radical (unpaired) electrons. The van der Waals surface area contributed by atoms with Crippen LogP contribution in [0.25, 0.3) is 0 Å². The summed E-state index contributed by atoms with van der Waals surface area (Å²) in [6, 6.07) is 4.43. The molecule has 0 atom stereocenters. The molecule has 0 unspecified atom stereocenters. The molecule has 0 aromatic carbocycles. The minimum absolute atomic E-state index is 0.692. The van der Waals surface area contributed by atoms with E-state index < -0.39 is 0 Å². The van der Waals surface area contributed by atoms with Crippen LogP contribution >= 0.6 is 0 Å². The van der Waals surface area contributed by atoms with Gasteiger partial charge in [0.15, 0.2) is 0 Å². The van der Waals surface area contributed by atoms with Crippen molar-refractivity contribution in [3.63, 3.8) is 0 Å². The van der Waals surface area contributed by atoms with Crippen LogP contribution in [0.15, 0.2) is 12.1 Å². The van der Waals surface area contributed by atoms with E-state index in [1.165, 1.54) is 18.4 Å². The summed E-state index contributed by atoms with van der Waals surface area (Å²) >= 11 is 0. The van der Waals surface area contributed by atoms with Crippen molar-refractivity contribution in [2.75, 3.05) is 24.5 Å². The van der Waals surface area contributed by atoms with Crippen molar-refractivity contribution in [1.82, 2.24) is 10.3 Å². The van der Waals surface area contributed by atoms with E-state index in [1.54, 1.807) is 0 Å². The molecule has 3 heteroatoms. The van der Waals surface area contributed by atoms with E-state index in [4.69, 9.17) is 4.98 Å². The molecule has 3 nitrogen and oxygen atoms in total. The summed E-state index contributed by atoms with van der Waals surface area (Å²) in [6.07, 6.45) is 2.58. The van der Waals surface area contributed by atoms with Crippen LogP contribution in [0.5, 0.6) is 0 Å². The highest BCUT2D eigenvalue weighted by Crippen LogP contribution is 2.22. The monoisotopic (exact) mass is 275 g/mol. The first kappa shape index (κ1) is 15.3. The molecule has 112 valence electrons. The SMILES string of the molecule is Cc1nc(N2CCC(C)CC2)ccc1CNCC(C)C. The molecular formula is C17H29N3. The van der Waals surface area contributed by atoms with Gasteiger partial charge in [0.05, 0.1) is 0 Å². The summed E-state index contributed by atoms with van der Waals surface area (Å²) in [5.41, 5.74) is 2.48. The highest BCUT2D eigenvalue weighted by Gasteiger charge is 2.17. The summed E-state index contributed by atoms with van der Waals surface area (Å²) in [5.74, 6) is 2.71. The zero-order chi connectivity index (χ0) is 14.5. The number of nitrogens with zero attached hydrogens (tertiary/aromatic N) is 2. The Hall–Kier alpha value is -1.09. The molecule has 1 aliphatic rings. The van der Waals surface area contributed by atoms with E-state index in [0.717, 1.165) is 43.6 Å². The first-order chi connectivity index (χ1) is 9.56. The number of pyridine rings is 1. The fourth-order valence-electron chi connectivity index (χ4n) is 2.67. The predicted molar refractivity (Wildman–Crippen MR) is 86.1 cm³/mol. The third kappa shape index (κ3) is 4.20. The Morgan fingerprint density at radius 2 is 2.00 bits per heavy atom. The molecule has 20 heavy (non-hydrogen) atoms. The lowest BCUT2D eigenvalue weighted by Gasteiger charge is -2.31. The van der Waals surface area contributed by atoms with Gasteiger partial charge in [-0.2, -0.15) is 0 Å². The molecule has 2 rings (SSSR count). The van der Waals surface area contributed by atoms with Crippen LogP contribution < -0.4 is 10.2 Å². The summed E-state index contributed by atoms with van der Waals surface area (Å²) in [6.45, 7) is 13.2. The maximum atomic E-state index is 4.81. The molecule has 0 bridgehead atoms. The highest BCUT2D eigenvalue weighted by molar-refractivity contribution is 5.42. The fourth-order valence-corrected chi connectivity index (χ4v) is 2.67. The fraction of sp³-hybridized carbons (Fsp3) is 0.706. The van der Waals surface area contributed by atoms with Gasteiger partial charge < -0.3 is 10.2 Å². The number of anilines is 1. The van der Waals surface area contributed by atoms with E-state index in [-0.39, 0.29) is 0 Å². The number of hydrogen-bond acceptors (Lipinski definition) is 3. The van der Waals surface area contributed by atoms with Crippen LogP contribution in [0.2, 0.25) is 0 Å². The van der Waals surface area contributed by atoms with E-state index in [2.05, 4.69) is 50.0 Å². The average Bonchev–Trinajstić information content (AvgIpc) is 2.41. The Labute approximate surface area is 123 Å². The molecule has 1 aromatic heterocycles. The minimum Gasteiger partial charge on any atom is -0.357 e. The van der Waals surface area contributed by atoms with Crippen LogP contribution in [0, 0.1) is 18.8 Å². The molecular weight excluding hydrogens is 246 g/mol. The van der Waals surface area contributed by atoms with Gasteiger partial charge in [0, 0.05) is 25.3 Å². The standard InChI is InChI=1S/C17H29N3/c1-13(2)11-18-12-16-5-6-17(19-15(16)4)20-9-7-14(3)8-10-20/h5-6,13-14,18H,7-12H2,1-4H3. The van der Waals surface area contributed by atoms with Gasteiger partial charge in [-0.3, -0.25) is 0 Å². The van der Waals surface area contributed by atoms with Gasteiger partial charge in [0.25, 0.3) is 0 Å². The van der Waals surface area contributed by atoms with Crippen molar-refractivity contribution in [1.29, 1.82) is 0 Å². The summed E-state index contributed by atoms with van der Waals surface area (Å²) in [4.78, 5) is 7.23. The Morgan fingerprint density at radius 1 is 1.30 bits per heavy atom. The maximum Gasteiger partial charge on any atom is 0.128 e. The number of piperidine rings is 1. The second kappa shape index (κ2) is 7.07. The summed E-state index contributed by atoms with van der Waals surface area (Å²) in [5, 5.41) is 3.49. The van der Waals surface area contributed by atoms with Crippen molar-refractivity contribution in [3.05, 3.63) is 23.4 Å². The van der Waals surface area contributed by atoms with Crippen LogP contribution in [0.4, 0.5) is 5.82 Å². The number of hydrogen-bond donors (Lipinski definition) is 1. The smallest absolute Gasteiger partial charge is 0.128 e. The largest absolute Gasteiger partial charge is 0.357 e. The second-order valence-corrected chi connectivity index (χ2v) is 6.61. The predicted octanol–water partition coefficient (Wildman–Crippen LogP) is 3.37. The Bertz CT molecular complexity index is 420. The van der Waals surface area contributed by atoms with Crippen LogP contribution in [0.1, 0.15) is 44.9 Å². The van der Waals surface area contributed by atoms with Gasteiger partial charge in [0.1, 0.15) is 5.82 Å². The quantitative estimate of drug-likeness (QED) is 0.893. The molecule has 1 aromatic rings. The number of aromatic nitrogens is 1. The topological polar surface area (TPSA) is 28.2 Å². The third-order valence-corrected chi connectivity index (χ3v) is 4.16. The molecule has 0 saturated carbocycles. The van der Waals surface area contributed by atoms with E-state index >= 15 is 0 Å². The number of aryl methyl sites for hydroxylation is 1. The van der Waals surface area contributed by atoms with Gasteiger partial charge >= 0.3 is 0 Å². The van der Waals surface area contributed by atoms with E-state index in [0.29, 0.717) is 5.92 Å². The van der Waals surface area contributed by atoms with Crippen LogP contribution in [-0.2, 0) is 6.54 Å². The molecule has 1 saturated heterocycles. The van der Waals surface area contributed by atoms with Crippen molar-refractivity contribution < 1.29 is 0 Å². The van der Waals surface area contributed by atoms with E-state index in [1.807, 2.05) is 0 Å². The minimum atomic E-state index is 0.692. The van der Waals surface area contributed by atoms with Crippen molar-refractivity contribution in [3.8, 4) is 0 Å². The van der Waals surface area contributed by atoms with Gasteiger partial charge in [-0.15, -0.1) is 0 Å². The van der Waals surface area contributed by atoms with Gasteiger partial charge in [0.2, 0.25) is 0 Å². The number of nitrogens with one attached hydrogen (secondary N) is 1. The average molecular weight is 275 g/mol. The van der Waals surface area contributed by atoms with Gasteiger partial charge in [-0.1, -0.05) is 26.8 Å². The molecule has 1 aliphatic heterocycles. The second-order valence-electron chi connectivity index (χ2n) is 6.61. The Kier molecular flexibility index (Phi) is 5.41. The highest BCUT2D eigenvalue weighted by atomic mass is 15.2. The van der Waals surface area contributed by atoms with Crippen molar-refractivity contribution in [2.45, 2.75) is 47.1 Å². The maximum absolute atomic E-state index is 4.81. The van der Waals surface area contributed by atoms with Crippen LogP contribution in [0.3, 0.4) is 0 Å². The molecule has 0 spiro atoms.